The average Bonchev–Trinajstić information content (AvgIpc) is 3.15. The quantitative estimate of drug-likeness (QED) is 0.278. The molecule has 2 heterocycles. The summed E-state index contributed by atoms with van der Waals surface area (Å²) in [6.07, 6.45) is 0. The zero-order valence-electron chi connectivity index (χ0n) is 19.1. The minimum Gasteiger partial charge on any atom is -0.790 e. The summed E-state index contributed by atoms with van der Waals surface area (Å²) < 4.78 is 21.2. The van der Waals surface area contributed by atoms with Gasteiger partial charge in [-0.2, -0.15) is 0 Å². The van der Waals surface area contributed by atoms with Gasteiger partial charge >= 0.3 is 0 Å². The standard InChI is InChI=1S/C24H23N2O7PS/c1-13-21-16(11-32-3)7-8-17(14(2)27)23(21)35-22(13)24(28)26-20-10-9-18-15(12-33-34(29,30)31)5-4-6-19(18)25-20/h4-10H,11-12H2,1-3H3,(H,25,26,28)(H2,29,30,31)/p-2. The van der Waals surface area contributed by atoms with Crippen molar-refractivity contribution >= 4 is 57.7 Å². The van der Waals surface area contributed by atoms with Gasteiger partial charge in [0, 0.05) is 28.1 Å². The number of hydrogen-bond donors (Lipinski definition) is 1. The predicted molar refractivity (Wildman–Crippen MR) is 129 cm³/mol. The molecule has 0 aliphatic heterocycles. The molecule has 1 N–H and O–H groups in total. The van der Waals surface area contributed by atoms with E-state index in [9.17, 15) is 23.9 Å². The fourth-order valence-corrected chi connectivity index (χ4v) is 5.55. The topological polar surface area (TPSA) is 141 Å². The number of amides is 1. The molecule has 0 unspecified atom stereocenters. The Kier molecular flexibility index (Phi) is 7.14. The third kappa shape index (κ3) is 5.33. The molecule has 35 heavy (non-hydrogen) atoms. The maximum Gasteiger partial charge on any atom is 0.267 e. The molecule has 4 rings (SSSR count). The fraction of sp³-hybridized carbons (Fsp3) is 0.208. The number of anilines is 1. The van der Waals surface area contributed by atoms with Crippen LogP contribution in [0.4, 0.5) is 5.82 Å². The molecule has 0 atom stereocenters. The molecule has 11 heteroatoms. The van der Waals surface area contributed by atoms with Gasteiger partial charge in [-0.15, -0.1) is 11.3 Å². The first-order valence-corrected chi connectivity index (χ1v) is 12.8. The Morgan fingerprint density at radius 3 is 2.54 bits per heavy atom. The summed E-state index contributed by atoms with van der Waals surface area (Å²) >= 11 is 1.24. The number of aryl methyl sites for hydroxylation is 1. The number of phosphoric acid groups is 1. The van der Waals surface area contributed by atoms with Crippen LogP contribution in [0.1, 0.15) is 43.6 Å². The Morgan fingerprint density at radius 1 is 1.09 bits per heavy atom. The van der Waals surface area contributed by atoms with Gasteiger partial charge in [0.15, 0.2) is 5.78 Å². The molecular formula is C24H21N2O7PS-2. The van der Waals surface area contributed by atoms with E-state index in [4.69, 9.17) is 4.74 Å². The number of benzene rings is 2. The van der Waals surface area contributed by atoms with Crippen LogP contribution in [0.25, 0.3) is 21.0 Å². The second-order valence-electron chi connectivity index (χ2n) is 7.88. The van der Waals surface area contributed by atoms with Gasteiger partial charge in [0.05, 0.1) is 31.4 Å². The van der Waals surface area contributed by atoms with E-state index >= 15 is 0 Å². The Bertz CT molecular complexity index is 1510. The maximum atomic E-state index is 13.2. The second kappa shape index (κ2) is 9.94. The lowest BCUT2D eigenvalue weighted by Crippen LogP contribution is -2.16. The lowest BCUT2D eigenvalue weighted by atomic mass is 10.0. The van der Waals surface area contributed by atoms with E-state index in [1.54, 1.807) is 43.5 Å². The number of hydrogen-bond acceptors (Lipinski definition) is 9. The summed E-state index contributed by atoms with van der Waals surface area (Å²) in [6, 6.07) is 11.8. The molecule has 182 valence electrons. The van der Waals surface area contributed by atoms with Crippen LogP contribution in [0.2, 0.25) is 0 Å². The molecular weight excluding hydrogens is 491 g/mol. The highest BCUT2D eigenvalue weighted by molar-refractivity contribution is 7.43. The number of ketones is 1. The summed E-state index contributed by atoms with van der Waals surface area (Å²) in [6.45, 7) is 3.27. The van der Waals surface area contributed by atoms with Crippen LogP contribution in [0.5, 0.6) is 0 Å². The monoisotopic (exact) mass is 512 g/mol. The number of carbonyl (C=O) groups excluding carboxylic acids is 2. The van der Waals surface area contributed by atoms with Crippen molar-refractivity contribution in [3.8, 4) is 0 Å². The van der Waals surface area contributed by atoms with E-state index in [-0.39, 0.29) is 11.7 Å². The van der Waals surface area contributed by atoms with Crippen LogP contribution in [0.15, 0.2) is 42.5 Å². The number of pyridine rings is 1. The highest BCUT2D eigenvalue weighted by Crippen LogP contribution is 2.37. The first kappa shape index (κ1) is 25.1. The van der Waals surface area contributed by atoms with Crippen LogP contribution >= 0.6 is 19.2 Å². The summed E-state index contributed by atoms with van der Waals surface area (Å²) in [5, 5.41) is 4.22. The molecule has 0 saturated carbocycles. The zero-order valence-corrected chi connectivity index (χ0v) is 20.8. The molecule has 4 aromatic rings. The highest BCUT2D eigenvalue weighted by Gasteiger charge is 2.21. The number of aromatic nitrogens is 1. The number of thiophene rings is 1. The van der Waals surface area contributed by atoms with Crippen molar-refractivity contribution in [3.05, 3.63) is 69.6 Å². The Balaban J connectivity index is 1.67. The molecule has 0 bridgehead atoms. The molecule has 0 fully saturated rings. The number of carbonyl (C=O) groups is 2. The lowest BCUT2D eigenvalue weighted by molar-refractivity contribution is -0.342. The summed E-state index contributed by atoms with van der Waals surface area (Å²) in [5.74, 6) is -0.167. The first-order valence-electron chi connectivity index (χ1n) is 10.5. The number of ether oxygens (including phenoxy) is 1. The van der Waals surface area contributed by atoms with Crippen molar-refractivity contribution in [2.24, 2.45) is 0 Å². The SMILES string of the molecule is COCc1ccc(C(C)=O)c2sc(C(=O)Nc3ccc4c(COP(=O)([O-])[O-])cccc4n3)c(C)c12. The minimum atomic E-state index is -5.11. The van der Waals surface area contributed by atoms with Gasteiger partial charge in [-0.05, 0) is 54.8 Å². The Hall–Kier alpha value is -2.98. The zero-order chi connectivity index (χ0) is 25.3. The van der Waals surface area contributed by atoms with Crippen molar-refractivity contribution < 1.29 is 33.2 Å². The smallest absolute Gasteiger partial charge is 0.267 e. The summed E-state index contributed by atoms with van der Waals surface area (Å²) in [7, 11) is -3.53. The van der Waals surface area contributed by atoms with Crippen molar-refractivity contribution in [1.29, 1.82) is 0 Å². The third-order valence-electron chi connectivity index (χ3n) is 5.49. The van der Waals surface area contributed by atoms with Gasteiger partial charge in [0.2, 0.25) is 0 Å². The Morgan fingerprint density at radius 2 is 1.86 bits per heavy atom. The third-order valence-corrected chi connectivity index (χ3v) is 7.26. The van der Waals surface area contributed by atoms with E-state index in [0.29, 0.717) is 39.3 Å². The van der Waals surface area contributed by atoms with Crippen molar-refractivity contribution in [1.82, 2.24) is 4.98 Å². The molecule has 0 aliphatic rings. The predicted octanol–water partition coefficient (Wildman–Crippen LogP) is 3.70. The van der Waals surface area contributed by atoms with Gasteiger partial charge in [-0.25, -0.2) is 4.98 Å². The normalized spacial score (nSPS) is 11.8. The minimum absolute atomic E-state index is 0.0894. The number of nitrogens with one attached hydrogen (secondary N) is 1. The van der Waals surface area contributed by atoms with Gasteiger partial charge in [-0.3, -0.25) is 9.59 Å². The second-order valence-corrected chi connectivity index (χ2v) is 10.1. The summed E-state index contributed by atoms with van der Waals surface area (Å²) in [4.78, 5) is 51.9. The van der Waals surface area contributed by atoms with Crippen LogP contribution in [0.3, 0.4) is 0 Å². The number of fused-ring (bicyclic) bond motifs is 2. The van der Waals surface area contributed by atoms with E-state index < -0.39 is 14.4 Å². The molecule has 0 aliphatic carbocycles. The van der Waals surface area contributed by atoms with Gasteiger partial charge in [-0.1, -0.05) is 18.2 Å². The van der Waals surface area contributed by atoms with E-state index in [1.807, 2.05) is 13.0 Å². The maximum absolute atomic E-state index is 13.2. The highest BCUT2D eigenvalue weighted by atomic mass is 32.1. The van der Waals surface area contributed by atoms with Gasteiger partial charge in [0.1, 0.15) is 5.82 Å². The Labute approximate surface area is 205 Å². The van der Waals surface area contributed by atoms with Crippen molar-refractivity contribution in [3.63, 3.8) is 0 Å². The van der Waals surface area contributed by atoms with Gasteiger partial charge in [0.25, 0.3) is 5.91 Å². The molecule has 1 amide bonds. The number of rotatable bonds is 8. The molecule has 0 saturated heterocycles. The van der Waals surface area contributed by atoms with Crippen LogP contribution < -0.4 is 15.1 Å². The van der Waals surface area contributed by atoms with E-state index in [2.05, 4.69) is 14.8 Å². The number of methoxy groups -OCH3 is 1. The van der Waals surface area contributed by atoms with Crippen LogP contribution in [-0.4, -0.2) is 23.8 Å². The van der Waals surface area contributed by atoms with E-state index in [1.165, 1.54) is 18.3 Å². The van der Waals surface area contributed by atoms with Crippen LogP contribution in [0, 0.1) is 6.92 Å². The molecule has 9 nitrogen and oxygen atoms in total. The number of nitrogens with zero attached hydrogens (tertiary/aromatic N) is 1. The van der Waals surface area contributed by atoms with Crippen molar-refractivity contribution in [2.45, 2.75) is 27.1 Å². The van der Waals surface area contributed by atoms with Gasteiger partial charge < -0.3 is 28.9 Å². The van der Waals surface area contributed by atoms with Crippen LogP contribution in [-0.2, 0) is 27.0 Å². The lowest BCUT2D eigenvalue weighted by Gasteiger charge is -2.28. The van der Waals surface area contributed by atoms with E-state index in [0.717, 1.165) is 21.2 Å². The molecule has 2 aromatic carbocycles. The fourth-order valence-electron chi connectivity index (χ4n) is 3.94. The van der Waals surface area contributed by atoms with Crippen molar-refractivity contribution in [2.75, 3.05) is 12.4 Å². The number of phosphoric ester groups is 1. The number of Topliss-reactive ketones (excluding diaryl/α,β-unsaturated/α-hetero) is 1. The summed E-state index contributed by atoms with van der Waals surface area (Å²) in [5.41, 5.74) is 3.15. The molecule has 2 aromatic heterocycles. The average molecular weight is 512 g/mol. The first-order chi connectivity index (χ1) is 16.6. The molecule has 0 spiro atoms. The molecule has 0 radical (unpaired) electrons. The largest absolute Gasteiger partial charge is 0.790 e.